The third kappa shape index (κ3) is 3.64. The summed E-state index contributed by atoms with van der Waals surface area (Å²) in [4.78, 5) is 0. The first-order valence-corrected chi connectivity index (χ1v) is 6.55. The Bertz CT molecular complexity index is 578. The molecule has 1 N–H and O–H groups in total. The first-order chi connectivity index (χ1) is 9.93. The zero-order chi connectivity index (χ0) is 15.5. The van der Waals surface area contributed by atoms with Crippen LogP contribution in [0.25, 0.3) is 0 Å². The molecule has 0 saturated carbocycles. The highest BCUT2D eigenvalue weighted by atomic mass is 19.4. The van der Waals surface area contributed by atoms with Crippen LogP contribution in [0.3, 0.4) is 0 Å². The van der Waals surface area contributed by atoms with Gasteiger partial charge in [-0.15, -0.1) is 0 Å². The number of alkyl halides is 3. The summed E-state index contributed by atoms with van der Waals surface area (Å²) in [5, 5.41) is 3.04. The average molecular weight is 301 g/mol. The van der Waals surface area contributed by atoms with Gasteiger partial charge in [0.05, 0.1) is 24.1 Å². The van der Waals surface area contributed by atoms with Gasteiger partial charge in [-0.1, -0.05) is 6.92 Å². The fourth-order valence-electron chi connectivity index (χ4n) is 2.08. The van der Waals surface area contributed by atoms with E-state index in [9.17, 15) is 17.6 Å². The number of hydrogen-bond acceptors (Lipinski definition) is 2. The van der Waals surface area contributed by atoms with E-state index < -0.39 is 23.6 Å². The minimum absolute atomic E-state index is 0.0420. The smallest absolute Gasteiger partial charge is 0.416 e. The highest BCUT2D eigenvalue weighted by molar-refractivity contribution is 5.35. The molecule has 1 aromatic heterocycles. The zero-order valence-electron chi connectivity index (χ0n) is 11.4. The molecule has 2 nitrogen and oxygen atoms in total. The predicted octanol–water partition coefficient (Wildman–Crippen LogP) is 4.53. The Hall–Kier alpha value is -1.82. The summed E-state index contributed by atoms with van der Waals surface area (Å²) in [6.07, 6.45) is -0.933. The lowest BCUT2D eigenvalue weighted by molar-refractivity contribution is -0.137. The lowest BCUT2D eigenvalue weighted by Gasteiger charge is -2.19. The maximum atomic E-state index is 14.0. The molecule has 114 valence electrons. The van der Waals surface area contributed by atoms with Gasteiger partial charge < -0.3 is 9.73 Å². The zero-order valence-corrected chi connectivity index (χ0v) is 11.4. The third-order valence-electron chi connectivity index (χ3n) is 3.11. The van der Waals surface area contributed by atoms with Gasteiger partial charge in [-0.25, -0.2) is 4.39 Å². The van der Waals surface area contributed by atoms with E-state index in [1.807, 2.05) is 6.92 Å². The molecule has 2 rings (SSSR count). The first kappa shape index (κ1) is 15.6. The molecule has 6 heteroatoms. The summed E-state index contributed by atoms with van der Waals surface area (Å²) < 4.78 is 57.3. The van der Waals surface area contributed by atoms with Crippen molar-refractivity contribution in [1.82, 2.24) is 5.32 Å². The van der Waals surface area contributed by atoms with Gasteiger partial charge in [-0.3, -0.25) is 0 Å². The van der Waals surface area contributed by atoms with Gasteiger partial charge in [-0.2, -0.15) is 13.2 Å². The van der Waals surface area contributed by atoms with Crippen LogP contribution in [-0.4, -0.2) is 6.54 Å². The van der Waals surface area contributed by atoms with E-state index in [1.54, 1.807) is 6.07 Å². The van der Waals surface area contributed by atoms with Crippen molar-refractivity contribution >= 4 is 0 Å². The van der Waals surface area contributed by atoms with Gasteiger partial charge in [0.1, 0.15) is 5.82 Å². The van der Waals surface area contributed by atoms with Crippen LogP contribution in [0.4, 0.5) is 17.6 Å². The average Bonchev–Trinajstić information content (AvgIpc) is 2.93. The molecule has 0 radical (unpaired) electrons. The van der Waals surface area contributed by atoms with Crippen molar-refractivity contribution in [2.45, 2.75) is 25.6 Å². The van der Waals surface area contributed by atoms with Crippen LogP contribution in [0, 0.1) is 5.82 Å². The normalized spacial score (nSPS) is 13.4. The molecular weight excluding hydrogens is 286 g/mol. The van der Waals surface area contributed by atoms with Crippen molar-refractivity contribution < 1.29 is 22.0 Å². The lowest BCUT2D eigenvalue weighted by Crippen LogP contribution is -2.24. The van der Waals surface area contributed by atoms with Crippen molar-refractivity contribution in [3.8, 4) is 0 Å². The van der Waals surface area contributed by atoms with Crippen LogP contribution in [-0.2, 0) is 6.18 Å². The van der Waals surface area contributed by atoms with E-state index in [-0.39, 0.29) is 5.56 Å². The maximum absolute atomic E-state index is 14.0. The Morgan fingerprint density at radius 3 is 2.57 bits per heavy atom. The van der Waals surface area contributed by atoms with E-state index in [0.717, 1.165) is 24.6 Å². The molecule has 1 aromatic carbocycles. The molecule has 0 aliphatic carbocycles. The highest BCUT2D eigenvalue weighted by Crippen LogP contribution is 2.33. The molecule has 2 aromatic rings. The number of furan rings is 1. The van der Waals surface area contributed by atoms with Crippen molar-refractivity contribution in [2.24, 2.45) is 0 Å². The number of halogens is 4. The van der Waals surface area contributed by atoms with Crippen LogP contribution in [0.15, 0.2) is 41.2 Å². The molecule has 21 heavy (non-hydrogen) atoms. The molecule has 0 spiro atoms. The molecule has 0 amide bonds. The van der Waals surface area contributed by atoms with E-state index in [4.69, 9.17) is 4.42 Å². The van der Waals surface area contributed by atoms with Crippen LogP contribution >= 0.6 is 0 Å². The molecule has 0 aliphatic heterocycles. The quantitative estimate of drug-likeness (QED) is 0.821. The van der Waals surface area contributed by atoms with E-state index in [1.165, 1.54) is 12.5 Å². The van der Waals surface area contributed by atoms with Crippen molar-refractivity contribution in [3.05, 3.63) is 59.3 Å². The third-order valence-corrected chi connectivity index (χ3v) is 3.11. The molecule has 1 unspecified atom stereocenters. The van der Waals surface area contributed by atoms with Crippen LogP contribution in [0.2, 0.25) is 0 Å². The van der Waals surface area contributed by atoms with E-state index in [2.05, 4.69) is 5.32 Å². The summed E-state index contributed by atoms with van der Waals surface area (Å²) in [5.41, 5.74) is -0.327. The topological polar surface area (TPSA) is 25.2 Å². The number of rotatable bonds is 5. The van der Waals surface area contributed by atoms with Gasteiger partial charge in [0, 0.05) is 11.1 Å². The minimum atomic E-state index is -4.51. The molecule has 0 saturated heterocycles. The molecule has 1 heterocycles. The van der Waals surface area contributed by atoms with Gasteiger partial charge in [0.15, 0.2) is 0 Å². The Morgan fingerprint density at radius 2 is 2.00 bits per heavy atom. The Labute approximate surface area is 119 Å². The number of hydrogen-bond donors (Lipinski definition) is 1. The summed E-state index contributed by atoms with van der Waals surface area (Å²) in [6.45, 7) is 2.47. The first-order valence-electron chi connectivity index (χ1n) is 6.55. The predicted molar refractivity (Wildman–Crippen MR) is 70.2 cm³/mol. The lowest BCUT2D eigenvalue weighted by atomic mass is 9.98. The summed E-state index contributed by atoms with van der Waals surface area (Å²) >= 11 is 0. The van der Waals surface area contributed by atoms with Gasteiger partial charge in [-0.05, 0) is 37.2 Å². The van der Waals surface area contributed by atoms with Crippen LogP contribution in [0.5, 0.6) is 0 Å². The van der Waals surface area contributed by atoms with Crippen molar-refractivity contribution in [2.75, 3.05) is 6.54 Å². The molecule has 0 fully saturated rings. The minimum Gasteiger partial charge on any atom is -0.472 e. The molecule has 0 bridgehead atoms. The fourth-order valence-corrected chi connectivity index (χ4v) is 2.08. The second kappa shape index (κ2) is 6.30. The summed E-state index contributed by atoms with van der Waals surface area (Å²) in [5.74, 6) is -0.683. The van der Waals surface area contributed by atoms with Crippen LogP contribution < -0.4 is 5.32 Å². The Kier molecular flexibility index (Phi) is 4.67. The SMILES string of the molecule is CCCNC(c1ccoc1)c1cc(C(F)(F)F)ccc1F. The van der Waals surface area contributed by atoms with Crippen LogP contribution in [0.1, 0.15) is 36.1 Å². The number of nitrogens with one attached hydrogen (secondary N) is 1. The monoisotopic (exact) mass is 301 g/mol. The number of benzene rings is 1. The Balaban J connectivity index is 2.44. The van der Waals surface area contributed by atoms with Gasteiger partial charge in [0.25, 0.3) is 0 Å². The fraction of sp³-hybridized carbons (Fsp3) is 0.333. The van der Waals surface area contributed by atoms with Gasteiger partial charge in [0.2, 0.25) is 0 Å². The van der Waals surface area contributed by atoms with E-state index in [0.29, 0.717) is 12.1 Å². The summed E-state index contributed by atoms with van der Waals surface area (Å²) in [7, 11) is 0. The Morgan fingerprint density at radius 1 is 1.24 bits per heavy atom. The largest absolute Gasteiger partial charge is 0.472 e. The standard InChI is InChI=1S/C15H15F4NO/c1-2-6-20-14(10-5-7-21-9-10)12-8-11(15(17,18)19)3-4-13(12)16/h3-5,7-9,14,20H,2,6H2,1H3. The van der Waals surface area contributed by atoms with Crippen molar-refractivity contribution in [1.29, 1.82) is 0 Å². The maximum Gasteiger partial charge on any atom is 0.416 e. The molecule has 0 aliphatic rings. The highest BCUT2D eigenvalue weighted by Gasteiger charge is 2.32. The van der Waals surface area contributed by atoms with Crippen molar-refractivity contribution in [3.63, 3.8) is 0 Å². The second-order valence-electron chi connectivity index (χ2n) is 4.68. The molecular formula is C15H15F4NO. The summed E-state index contributed by atoms with van der Waals surface area (Å²) in [6, 6.07) is 3.36. The second-order valence-corrected chi connectivity index (χ2v) is 4.68. The molecule has 1 atom stereocenters. The van der Waals surface area contributed by atoms with Gasteiger partial charge >= 0.3 is 6.18 Å². The van der Waals surface area contributed by atoms with E-state index >= 15 is 0 Å².